The van der Waals surface area contributed by atoms with Crippen molar-refractivity contribution in [2.45, 2.75) is 45.6 Å². The van der Waals surface area contributed by atoms with Gasteiger partial charge in [0.1, 0.15) is 6.04 Å². The third kappa shape index (κ3) is 2.93. The van der Waals surface area contributed by atoms with Crippen LogP contribution in [-0.2, 0) is 16.0 Å². The topological polar surface area (TPSA) is 87.8 Å². The first-order valence-corrected chi connectivity index (χ1v) is 9.23. The van der Waals surface area contributed by atoms with Gasteiger partial charge in [0.15, 0.2) is 5.65 Å². The predicted octanol–water partition coefficient (Wildman–Crippen LogP) is 2.51. The van der Waals surface area contributed by atoms with Crippen LogP contribution in [-0.4, -0.2) is 49.1 Å². The highest BCUT2D eigenvalue weighted by Crippen LogP contribution is 2.24. The molecule has 1 aliphatic heterocycles. The van der Waals surface area contributed by atoms with Gasteiger partial charge in [-0.2, -0.15) is 5.10 Å². The minimum Gasteiger partial charge on any atom is -0.480 e. The molecule has 0 unspecified atom stereocenters. The van der Waals surface area contributed by atoms with Crippen LogP contribution in [0.3, 0.4) is 0 Å². The fraction of sp³-hybridized carbons (Fsp3) is 0.400. The largest absolute Gasteiger partial charge is 0.480 e. The van der Waals surface area contributed by atoms with Gasteiger partial charge in [0, 0.05) is 29.7 Å². The summed E-state index contributed by atoms with van der Waals surface area (Å²) < 4.78 is 1.84. The number of aliphatic carboxylic acids is 1. The second-order valence-corrected chi connectivity index (χ2v) is 7.10. The quantitative estimate of drug-likeness (QED) is 0.766. The molecule has 7 heteroatoms. The summed E-state index contributed by atoms with van der Waals surface area (Å²) in [6.45, 7) is 4.46. The van der Waals surface area contributed by atoms with Crippen LogP contribution in [0.25, 0.3) is 16.6 Å². The van der Waals surface area contributed by atoms with Crippen molar-refractivity contribution >= 4 is 28.4 Å². The standard InChI is InChI=1S/C20H22N4O3/c1-12-14(9-10-18(25)23-11-5-8-17(23)20(26)27)13(2)24-19(21-12)15-6-3-4-7-16(15)22-24/h3-4,6-7,17H,5,8-11H2,1-2H3,(H,26,27)/t17-/m1/s1. The van der Waals surface area contributed by atoms with Gasteiger partial charge in [-0.25, -0.2) is 14.3 Å². The summed E-state index contributed by atoms with van der Waals surface area (Å²) in [4.78, 5) is 30.1. The van der Waals surface area contributed by atoms with Crippen molar-refractivity contribution in [3.8, 4) is 0 Å². The van der Waals surface area contributed by atoms with E-state index >= 15 is 0 Å². The summed E-state index contributed by atoms with van der Waals surface area (Å²) in [5.74, 6) is -1.02. The first-order valence-electron chi connectivity index (χ1n) is 9.23. The van der Waals surface area contributed by atoms with E-state index in [0.29, 0.717) is 19.4 Å². The third-order valence-corrected chi connectivity index (χ3v) is 5.47. The number of carboxylic acids is 1. The van der Waals surface area contributed by atoms with Crippen LogP contribution in [0.4, 0.5) is 0 Å². The van der Waals surface area contributed by atoms with Crippen LogP contribution in [0.5, 0.6) is 0 Å². The first kappa shape index (κ1) is 17.5. The number of carboxylic acid groups (broad SMARTS) is 1. The average molecular weight is 366 g/mol. The van der Waals surface area contributed by atoms with E-state index < -0.39 is 12.0 Å². The smallest absolute Gasteiger partial charge is 0.326 e. The summed E-state index contributed by atoms with van der Waals surface area (Å²) in [5, 5.41) is 14.9. The number of carbonyl (C=O) groups is 2. The van der Waals surface area contributed by atoms with Gasteiger partial charge < -0.3 is 10.0 Å². The number of fused-ring (bicyclic) bond motifs is 3. The highest BCUT2D eigenvalue weighted by Gasteiger charge is 2.33. The molecule has 1 saturated heterocycles. The van der Waals surface area contributed by atoms with E-state index in [0.717, 1.165) is 39.9 Å². The van der Waals surface area contributed by atoms with Crippen LogP contribution >= 0.6 is 0 Å². The van der Waals surface area contributed by atoms with Crippen LogP contribution in [0.1, 0.15) is 36.2 Å². The second-order valence-electron chi connectivity index (χ2n) is 7.10. The number of benzene rings is 1. The van der Waals surface area contributed by atoms with E-state index in [1.807, 2.05) is 42.6 Å². The van der Waals surface area contributed by atoms with Crippen LogP contribution in [0.2, 0.25) is 0 Å². The molecule has 0 radical (unpaired) electrons. The van der Waals surface area contributed by atoms with Gasteiger partial charge in [-0.3, -0.25) is 4.79 Å². The van der Waals surface area contributed by atoms with Gasteiger partial charge in [-0.15, -0.1) is 0 Å². The number of hydrogen-bond acceptors (Lipinski definition) is 4. The Morgan fingerprint density at radius 1 is 1.26 bits per heavy atom. The number of likely N-dealkylation sites (tertiary alicyclic amines) is 1. The Kier molecular flexibility index (Phi) is 4.30. The zero-order valence-electron chi connectivity index (χ0n) is 15.5. The second kappa shape index (κ2) is 6.64. The molecule has 0 aliphatic carbocycles. The lowest BCUT2D eigenvalue weighted by molar-refractivity contribution is -0.148. The monoisotopic (exact) mass is 366 g/mol. The maximum Gasteiger partial charge on any atom is 0.326 e. The molecular weight excluding hydrogens is 344 g/mol. The zero-order valence-corrected chi connectivity index (χ0v) is 15.5. The molecule has 7 nitrogen and oxygen atoms in total. The number of amides is 1. The summed E-state index contributed by atoms with van der Waals surface area (Å²) in [5.41, 5.74) is 4.56. The minimum atomic E-state index is -0.917. The van der Waals surface area contributed by atoms with Crippen LogP contribution in [0.15, 0.2) is 24.3 Å². The normalized spacial score (nSPS) is 17.1. The molecule has 27 heavy (non-hydrogen) atoms. The first-order chi connectivity index (χ1) is 13.0. The Morgan fingerprint density at radius 2 is 2.04 bits per heavy atom. The van der Waals surface area contributed by atoms with Crippen molar-refractivity contribution in [2.75, 3.05) is 6.54 Å². The van der Waals surface area contributed by atoms with Crippen molar-refractivity contribution in [1.82, 2.24) is 19.5 Å². The molecule has 0 saturated carbocycles. The van der Waals surface area contributed by atoms with Gasteiger partial charge in [0.2, 0.25) is 5.91 Å². The molecule has 1 N–H and O–H groups in total. The molecule has 3 aromatic rings. The van der Waals surface area contributed by atoms with Crippen LogP contribution < -0.4 is 0 Å². The molecule has 1 fully saturated rings. The molecule has 0 bridgehead atoms. The molecule has 3 heterocycles. The van der Waals surface area contributed by atoms with E-state index in [4.69, 9.17) is 4.98 Å². The van der Waals surface area contributed by atoms with Crippen molar-refractivity contribution in [3.05, 3.63) is 41.2 Å². The van der Waals surface area contributed by atoms with Gasteiger partial charge in [0.25, 0.3) is 0 Å². The van der Waals surface area contributed by atoms with Crippen molar-refractivity contribution in [3.63, 3.8) is 0 Å². The molecule has 1 atom stereocenters. The Balaban J connectivity index is 1.61. The number of aromatic nitrogens is 3. The van der Waals surface area contributed by atoms with E-state index in [2.05, 4.69) is 5.10 Å². The number of nitrogens with zero attached hydrogens (tertiary/aromatic N) is 4. The molecule has 1 aromatic carbocycles. The third-order valence-electron chi connectivity index (χ3n) is 5.47. The maximum atomic E-state index is 12.6. The lowest BCUT2D eigenvalue weighted by Crippen LogP contribution is -2.40. The zero-order chi connectivity index (χ0) is 19.1. The minimum absolute atomic E-state index is 0.107. The van der Waals surface area contributed by atoms with Crippen LogP contribution in [0, 0.1) is 13.8 Å². The molecular formula is C20H22N4O3. The SMILES string of the molecule is Cc1nc2c3ccccc3nn2c(C)c1CCC(=O)N1CCC[C@@H]1C(=O)O. The molecule has 140 valence electrons. The Labute approximate surface area is 156 Å². The molecule has 0 spiro atoms. The predicted molar refractivity (Wildman–Crippen MR) is 101 cm³/mol. The number of hydrogen-bond donors (Lipinski definition) is 1. The van der Waals surface area contributed by atoms with Gasteiger partial charge >= 0.3 is 5.97 Å². The molecule has 2 aromatic heterocycles. The highest BCUT2D eigenvalue weighted by molar-refractivity contribution is 5.92. The summed E-state index contributed by atoms with van der Waals surface area (Å²) in [6.07, 6.45) is 2.08. The number of rotatable bonds is 4. The lowest BCUT2D eigenvalue weighted by Gasteiger charge is -2.21. The van der Waals surface area contributed by atoms with Crippen molar-refractivity contribution < 1.29 is 14.7 Å². The summed E-state index contributed by atoms with van der Waals surface area (Å²) in [6, 6.07) is 7.20. The highest BCUT2D eigenvalue weighted by atomic mass is 16.4. The van der Waals surface area contributed by atoms with E-state index in [9.17, 15) is 14.7 Å². The van der Waals surface area contributed by atoms with Crippen molar-refractivity contribution in [1.29, 1.82) is 0 Å². The Bertz CT molecular complexity index is 1060. The van der Waals surface area contributed by atoms with Crippen molar-refractivity contribution in [2.24, 2.45) is 0 Å². The van der Waals surface area contributed by atoms with E-state index in [-0.39, 0.29) is 12.3 Å². The fourth-order valence-corrected chi connectivity index (χ4v) is 4.04. The molecule has 1 aliphatic rings. The maximum absolute atomic E-state index is 12.6. The number of carbonyl (C=O) groups excluding carboxylic acids is 1. The summed E-state index contributed by atoms with van der Waals surface area (Å²) in [7, 11) is 0. The number of aryl methyl sites for hydroxylation is 2. The average Bonchev–Trinajstić information content (AvgIpc) is 3.27. The van der Waals surface area contributed by atoms with Gasteiger partial charge in [0.05, 0.1) is 5.52 Å². The fourth-order valence-electron chi connectivity index (χ4n) is 4.04. The van der Waals surface area contributed by atoms with E-state index in [1.165, 1.54) is 4.90 Å². The molecule has 1 amide bonds. The molecule has 4 rings (SSSR count). The Morgan fingerprint density at radius 3 is 2.81 bits per heavy atom. The lowest BCUT2D eigenvalue weighted by atomic mass is 10.1. The Hall–Kier alpha value is -2.96. The van der Waals surface area contributed by atoms with Gasteiger partial charge in [-0.1, -0.05) is 12.1 Å². The van der Waals surface area contributed by atoms with E-state index in [1.54, 1.807) is 0 Å². The summed E-state index contributed by atoms with van der Waals surface area (Å²) >= 11 is 0. The van der Waals surface area contributed by atoms with Gasteiger partial charge in [-0.05, 0) is 50.8 Å².